The van der Waals surface area contributed by atoms with Gasteiger partial charge in [-0.15, -0.1) is 11.8 Å². The Morgan fingerprint density at radius 3 is 2.73 bits per heavy atom. The molecule has 0 fully saturated rings. The molecule has 22 heavy (non-hydrogen) atoms. The van der Waals surface area contributed by atoms with Crippen LogP contribution in [0.2, 0.25) is 0 Å². The molecule has 0 saturated heterocycles. The minimum Gasteiger partial charge on any atom is -0.365 e. The third kappa shape index (κ3) is 2.34. The van der Waals surface area contributed by atoms with Crippen LogP contribution >= 0.6 is 11.8 Å². The van der Waals surface area contributed by atoms with E-state index in [0.29, 0.717) is 5.75 Å². The lowest BCUT2D eigenvalue weighted by Crippen LogP contribution is -2.22. The van der Waals surface area contributed by atoms with Crippen LogP contribution in [0.15, 0.2) is 65.8 Å². The molecular formula is C18H16N2OS. The van der Waals surface area contributed by atoms with Crippen molar-refractivity contribution >= 4 is 27.7 Å². The number of aromatic amines is 1. The average molecular weight is 308 g/mol. The second kappa shape index (κ2) is 5.30. The quantitative estimate of drug-likeness (QED) is 0.775. The fourth-order valence-corrected chi connectivity index (χ4v) is 3.91. The summed E-state index contributed by atoms with van der Waals surface area (Å²) in [5.74, 6) is 0.578. The van der Waals surface area contributed by atoms with Crippen molar-refractivity contribution in [2.75, 3.05) is 5.75 Å². The van der Waals surface area contributed by atoms with Gasteiger partial charge in [0.1, 0.15) is 0 Å². The molecule has 4 rings (SSSR count). The van der Waals surface area contributed by atoms with Crippen molar-refractivity contribution in [3.8, 4) is 0 Å². The van der Waals surface area contributed by atoms with Crippen LogP contribution in [0.5, 0.6) is 0 Å². The fourth-order valence-electron chi connectivity index (χ4n) is 2.84. The molecule has 1 aliphatic rings. The van der Waals surface area contributed by atoms with Crippen molar-refractivity contribution in [1.82, 2.24) is 4.98 Å². The Morgan fingerprint density at radius 2 is 1.86 bits per heavy atom. The monoisotopic (exact) mass is 308 g/mol. The number of aliphatic hydroxyl groups is 1. The zero-order chi connectivity index (χ0) is 15.0. The van der Waals surface area contributed by atoms with E-state index in [4.69, 9.17) is 0 Å². The summed E-state index contributed by atoms with van der Waals surface area (Å²) in [7, 11) is 0. The van der Waals surface area contributed by atoms with E-state index >= 15 is 0 Å². The molecule has 3 aromatic rings. The molecule has 3 nitrogen and oxygen atoms in total. The second-order valence-electron chi connectivity index (χ2n) is 5.51. The first kappa shape index (κ1) is 13.6. The van der Waals surface area contributed by atoms with Crippen LogP contribution in [0.3, 0.4) is 0 Å². The number of para-hydroxylation sites is 1. The van der Waals surface area contributed by atoms with E-state index in [9.17, 15) is 5.11 Å². The van der Waals surface area contributed by atoms with Crippen LogP contribution in [0, 0.1) is 0 Å². The Kier molecular flexibility index (Phi) is 3.28. The molecule has 110 valence electrons. The molecule has 0 amide bonds. The lowest BCUT2D eigenvalue weighted by Gasteiger charge is -2.18. The van der Waals surface area contributed by atoms with Crippen LogP contribution < -0.4 is 0 Å². The number of H-pyrrole nitrogens is 1. The number of nitrogens with one attached hydrogen (secondary N) is 1. The maximum Gasteiger partial charge on any atom is 0.192 e. The predicted octanol–water partition coefficient (Wildman–Crippen LogP) is 3.70. The van der Waals surface area contributed by atoms with Crippen LogP contribution in [0.4, 0.5) is 0 Å². The van der Waals surface area contributed by atoms with Crippen LogP contribution in [0.1, 0.15) is 11.1 Å². The van der Waals surface area contributed by atoms with E-state index in [1.807, 2.05) is 48.7 Å². The standard InChI is InChI=1S/C18H16N2OS/c21-18(14-6-2-1-3-7-14)12-22-17(20-18)10-13-11-19-16-9-5-4-8-15(13)16/h1-9,11,19,21H,10,12H2. The molecule has 0 bridgehead atoms. The van der Waals surface area contributed by atoms with E-state index in [-0.39, 0.29) is 0 Å². The number of thioether (sulfide) groups is 1. The molecule has 2 aromatic carbocycles. The van der Waals surface area contributed by atoms with E-state index in [1.165, 1.54) is 10.9 Å². The maximum absolute atomic E-state index is 10.8. The van der Waals surface area contributed by atoms with Crippen molar-refractivity contribution in [3.63, 3.8) is 0 Å². The van der Waals surface area contributed by atoms with Crippen LogP contribution in [-0.2, 0) is 12.1 Å². The molecule has 1 aliphatic heterocycles. The van der Waals surface area contributed by atoms with Crippen molar-refractivity contribution in [2.24, 2.45) is 4.99 Å². The van der Waals surface area contributed by atoms with E-state index in [0.717, 1.165) is 22.5 Å². The van der Waals surface area contributed by atoms with E-state index in [2.05, 4.69) is 22.1 Å². The Bertz CT molecular complexity index is 840. The molecular weight excluding hydrogens is 292 g/mol. The smallest absolute Gasteiger partial charge is 0.192 e. The Hall–Kier alpha value is -2.04. The largest absolute Gasteiger partial charge is 0.365 e. The number of nitrogens with zero attached hydrogens (tertiary/aromatic N) is 1. The summed E-state index contributed by atoms with van der Waals surface area (Å²) in [4.78, 5) is 7.88. The van der Waals surface area contributed by atoms with Crippen molar-refractivity contribution < 1.29 is 5.11 Å². The first-order chi connectivity index (χ1) is 10.7. The van der Waals surface area contributed by atoms with E-state index in [1.54, 1.807) is 11.8 Å². The van der Waals surface area contributed by atoms with Gasteiger partial charge in [0.05, 0.1) is 10.8 Å². The summed E-state index contributed by atoms with van der Waals surface area (Å²) < 4.78 is 0. The predicted molar refractivity (Wildman–Crippen MR) is 92.2 cm³/mol. The highest BCUT2D eigenvalue weighted by molar-refractivity contribution is 8.14. The lowest BCUT2D eigenvalue weighted by atomic mass is 10.1. The van der Waals surface area contributed by atoms with E-state index < -0.39 is 5.72 Å². The van der Waals surface area contributed by atoms with Gasteiger partial charge in [-0.3, -0.25) is 0 Å². The highest BCUT2D eigenvalue weighted by atomic mass is 32.2. The minimum absolute atomic E-state index is 0.578. The van der Waals surface area contributed by atoms with Gasteiger partial charge in [-0.2, -0.15) is 0 Å². The highest BCUT2D eigenvalue weighted by Gasteiger charge is 2.34. The Balaban J connectivity index is 1.63. The second-order valence-corrected chi connectivity index (χ2v) is 6.56. The normalized spacial score (nSPS) is 21.2. The third-order valence-electron chi connectivity index (χ3n) is 4.00. The zero-order valence-electron chi connectivity index (χ0n) is 12.0. The molecule has 1 aromatic heterocycles. The summed E-state index contributed by atoms with van der Waals surface area (Å²) in [6, 6.07) is 17.9. The third-order valence-corrected chi connectivity index (χ3v) is 5.12. The first-order valence-corrected chi connectivity index (χ1v) is 8.28. The topological polar surface area (TPSA) is 48.4 Å². The van der Waals surface area contributed by atoms with Gasteiger partial charge in [0.2, 0.25) is 0 Å². The van der Waals surface area contributed by atoms with Crippen LogP contribution in [-0.4, -0.2) is 20.9 Å². The van der Waals surface area contributed by atoms with Crippen molar-refractivity contribution in [3.05, 3.63) is 71.9 Å². The van der Waals surface area contributed by atoms with Crippen molar-refractivity contribution in [1.29, 1.82) is 0 Å². The number of hydrogen-bond donors (Lipinski definition) is 2. The van der Waals surface area contributed by atoms with Gasteiger partial charge in [0, 0.05) is 29.1 Å². The van der Waals surface area contributed by atoms with Gasteiger partial charge < -0.3 is 10.1 Å². The summed E-state index contributed by atoms with van der Waals surface area (Å²) >= 11 is 1.64. The number of aromatic nitrogens is 1. The van der Waals surface area contributed by atoms with Gasteiger partial charge in [-0.05, 0) is 11.6 Å². The fraction of sp³-hybridized carbons (Fsp3) is 0.167. The maximum atomic E-state index is 10.8. The number of rotatable bonds is 3. The molecule has 2 N–H and O–H groups in total. The molecule has 0 aliphatic carbocycles. The highest BCUT2D eigenvalue weighted by Crippen LogP contribution is 2.36. The SMILES string of the molecule is OC1(c2ccccc2)CSC(Cc2c[nH]c3ccccc23)=N1. The molecule has 1 atom stereocenters. The molecule has 0 radical (unpaired) electrons. The average Bonchev–Trinajstić information content (AvgIpc) is 3.14. The van der Waals surface area contributed by atoms with Gasteiger partial charge in [0.25, 0.3) is 0 Å². The Morgan fingerprint density at radius 1 is 1.09 bits per heavy atom. The summed E-state index contributed by atoms with van der Waals surface area (Å²) in [6.07, 6.45) is 2.79. The van der Waals surface area contributed by atoms with Gasteiger partial charge in [0.15, 0.2) is 5.72 Å². The van der Waals surface area contributed by atoms with Gasteiger partial charge >= 0.3 is 0 Å². The number of benzene rings is 2. The number of fused-ring (bicyclic) bond motifs is 1. The lowest BCUT2D eigenvalue weighted by molar-refractivity contribution is 0.0757. The van der Waals surface area contributed by atoms with Gasteiger partial charge in [-0.1, -0.05) is 48.5 Å². The number of hydrogen-bond acceptors (Lipinski definition) is 3. The summed E-state index contributed by atoms with van der Waals surface area (Å²) in [5, 5.41) is 13.0. The molecule has 0 spiro atoms. The van der Waals surface area contributed by atoms with Crippen LogP contribution in [0.25, 0.3) is 10.9 Å². The number of aliphatic imine (C=N–C) groups is 1. The molecule has 4 heteroatoms. The summed E-state index contributed by atoms with van der Waals surface area (Å²) in [6.45, 7) is 0. The molecule has 1 unspecified atom stereocenters. The van der Waals surface area contributed by atoms with Gasteiger partial charge in [-0.25, -0.2) is 4.99 Å². The molecule has 2 heterocycles. The summed E-state index contributed by atoms with van der Waals surface area (Å²) in [5.41, 5.74) is 2.13. The Labute approximate surface area is 133 Å². The minimum atomic E-state index is -1.09. The zero-order valence-corrected chi connectivity index (χ0v) is 12.8. The van der Waals surface area contributed by atoms with Crippen molar-refractivity contribution in [2.45, 2.75) is 12.1 Å². The molecule has 0 saturated carbocycles. The first-order valence-electron chi connectivity index (χ1n) is 7.29.